The van der Waals surface area contributed by atoms with Crippen molar-refractivity contribution in [3.63, 3.8) is 0 Å². The van der Waals surface area contributed by atoms with Crippen molar-refractivity contribution >= 4 is 5.91 Å². The summed E-state index contributed by atoms with van der Waals surface area (Å²) < 4.78 is 0. The molecule has 0 bridgehead atoms. The molecule has 2 aliphatic heterocycles. The largest absolute Gasteiger partial charge is 0.340 e. The molecular weight excluding hydrogens is 202 g/mol. The summed E-state index contributed by atoms with van der Waals surface area (Å²) in [5.41, 5.74) is 0. The number of carbonyl (C=O) groups excluding carboxylic acids is 1. The third-order valence-corrected chi connectivity index (χ3v) is 3.72. The van der Waals surface area contributed by atoms with Crippen molar-refractivity contribution in [2.75, 3.05) is 39.3 Å². The van der Waals surface area contributed by atoms with Gasteiger partial charge in [0.2, 0.25) is 5.91 Å². The van der Waals surface area contributed by atoms with Crippen molar-refractivity contribution in [2.45, 2.75) is 32.2 Å². The molecule has 0 spiro atoms. The Labute approximate surface area is 98.0 Å². The van der Waals surface area contributed by atoms with Crippen LogP contribution in [0.25, 0.3) is 0 Å². The molecule has 2 fully saturated rings. The van der Waals surface area contributed by atoms with E-state index in [-0.39, 0.29) is 0 Å². The monoisotopic (exact) mass is 225 g/mol. The first kappa shape index (κ1) is 11.9. The smallest absolute Gasteiger partial charge is 0.236 e. The maximum atomic E-state index is 12.1. The SMILES string of the molecule is CC1CCCN1CC(=O)N1CCCNCC1. The Hall–Kier alpha value is -0.610. The van der Waals surface area contributed by atoms with E-state index in [2.05, 4.69) is 17.1 Å². The van der Waals surface area contributed by atoms with Crippen LogP contribution in [0.15, 0.2) is 0 Å². The second kappa shape index (κ2) is 5.64. The van der Waals surface area contributed by atoms with E-state index in [1.807, 2.05) is 4.90 Å². The van der Waals surface area contributed by atoms with Crippen LogP contribution in [-0.2, 0) is 4.79 Å². The Morgan fingerprint density at radius 3 is 2.88 bits per heavy atom. The lowest BCUT2D eigenvalue weighted by Gasteiger charge is -2.25. The topological polar surface area (TPSA) is 35.6 Å². The van der Waals surface area contributed by atoms with Crippen molar-refractivity contribution in [2.24, 2.45) is 0 Å². The third kappa shape index (κ3) is 2.95. The Balaban J connectivity index is 1.81. The predicted octanol–water partition coefficient (Wildman–Crippen LogP) is 0.293. The highest BCUT2D eigenvalue weighted by Gasteiger charge is 2.24. The van der Waals surface area contributed by atoms with Gasteiger partial charge in [-0.15, -0.1) is 0 Å². The number of carbonyl (C=O) groups is 1. The van der Waals surface area contributed by atoms with E-state index in [0.717, 1.165) is 39.1 Å². The van der Waals surface area contributed by atoms with Gasteiger partial charge >= 0.3 is 0 Å². The van der Waals surface area contributed by atoms with Crippen LogP contribution in [0.1, 0.15) is 26.2 Å². The van der Waals surface area contributed by atoms with Crippen molar-refractivity contribution in [3.8, 4) is 0 Å². The number of hydrogen-bond donors (Lipinski definition) is 1. The Morgan fingerprint density at radius 2 is 2.12 bits per heavy atom. The average Bonchev–Trinajstić information content (AvgIpc) is 2.57. The van der Waals surface area contributed by atoms with Crippen LogP contribution < -0.4 is 5.32 Å². The molecule has 4 nitrogen and oxygen atoms in total. The highest BCUT2D eigenvalue weighted by molar-refractivity contribution is 5.78. The highest BCUT2D eigenvalue weighted by Crippen LogP contribution is 2.16. The normalized spacial score (nSPS) is 28.1. The molecule has 0 radical (unpaired) electrons. The molecule has 0 aliphatic carbocycles. The van der Waals surface area contributed by atoms with E-state index in [9.17, 15) is 4.79 Å². The van der Waals surface area contributed by atoms with Gasteiger partial charge in [-0.1, -0.05) is 0 Å². The molecule has 1 N–H and O–H groups in total. The fourth-order valence-electron chi connectivity index (χ4n) is 2.60. The molecule has 2 heterocycles. The van der Waals surface area contributed by atoms with Crippen molar-refractivity contribution in [3.05, 3.63) is 0 Å². The molecule has 0 saturated carbocycles. The zero-order valence-corrected chi connectivity index (χ0v) is 10.2. The van der Waals surface area contributed by atoms with Gasteiger partial charge in [-0.2, -0.15) is 0 Å². The molecule has 92 valence electrons. The van der Waals surface area contributed by atoms with Gasteiger partial charge in [0, 0.05) is 25.7 Å². The van der Waals surface area contributed by atoms with Crippen LogP contribution in [-0.4, -0.2) is 61.0 Å². The van der Waals surface area contributed by atoms with Gasteiger partial charge in [-0.3, -0.25) is 9.69 Å². The molecule has 2 aliphatic rings. The van der Waals surface area contributed by atoms with E-state index in [4.69, 9.17) is 0 Å². The van der Waals surface area contributed by atoms with Crippen LogP contribution >= 0.6 is 0 Å². The lowest BCUT2D eigenvalue weighted by molar-refractivity contribution is -0.132. The summed E-state index contributed by atoms with van der Waals surface area (Å²) in [6, 6.07) is 0.592. The maximum absolute atomic E-state index is 12.1. The molecule has 0 aromatic heterocycles. The molecule has 1 unspecified atom stereocenters. The number of rotatable bonds is 2. The second-order valence-corrected chi connectivity index (χ2v) is 4.95. The summed E-state index contributed by atoms with van der Waals surface area (Å²) in [6.07, 6.45) is 3.58. The molecule has 0 aromatic rings. The third-order valence-electron chi connectivity index (χ3n) is 3.72. The number of amides is 1. The molecule has 1 amide bonds. The van der Waals surface area contributed by atoms with Crippen LogP contribution in [0.5, 0.6) is 0 Å². The van der Waals surface area contributed by atoms with Crippen LogP contribution in [0.2, 0.25) is 0 Å². The minimum absolute atomic E-state index is 0.317. The Morgan fingerprint density at radius 1 is 1.25 bits per heavy atom. The van der Waals surface area contributed by atoms with Crippen LogP contribution in [0.3, 0.4) is 0 Å². The zero-order chi connectivity index (χ0) is 11.4. The standard InChI is InChI=1S/C12H23N3O/c1-11-4-2-7-15(11)10-12(16)14-8-3-5-13-6-9-14/h11,13H,2-10H2,1H3. The number of nitrogens with zero attached hydrogens (tertiary/aromatic N) is 2. The maximum Gasteiger partial charge on any atom is 0.236 e. The molecule has 2 rings (SSSR count). The summed E-state index contributed by atoms with van der Waals surface area (Å²) in [4.78, 5) is 16.4. The van der Waals surface area contributed by atoms with Gasteiger partial charge in [-0.05, 0) is 39.3 Å². The van der Waals surface area contributed by atoms with Gasteiger partial charge in [0.05, 0.1) is 6.54 Å². The first-order chi connectivity index (χ1) is 7.77. The Bertz CT molecular complexity index is 236. The zero-order valence-electron chi connectivity index (χ0n) is 10.2. The minimum Gasteiger partial charge on any atom is -0.340 e. The fraction of sp³-hybridized carbons (Fsp3) is 0.917. The molecule has 2 saturated heterocycles. The summed E-state index contributed by atoms with van der Waals surface area (Å²) in [5, 5.41) is 3.33. The van der Waals surface area contributed by atoms with E-state index in [1.54, 1.807) is 0 Å². The second-order valence-electron chi connectivity index (χ2n) is 4.95. The first-order valence-electron chi connectivity index (χ1n) is 6.50. The van der Waals surface area contributed by atoms with E-state index in [1.165, 1.54) is 12.8 Å². The van der Waals surface area contributed by atoms with Crippen LogP contribution in [0.4, 0.5) is 0 Å². The fourth-order valence-corrected chi connectivity index (χ4v) is 2.60. The Kier molecular flexibility index (Phi) is 4.18. The summed E-state index contributed by atoms with van der Waals surface area (Å²) >= 11 is 0. The quantitative estimate of drug-likeness (QED) is 0.734. The lowest BCUT2D eigenvalue weighted by atomic mass is 10.2. The average molecular weight is 225 g/mol. The lowest BCUT2D eigenvalue weighted by Crippen LogP contribution is -2.42. The van der Waals surface area contributed by atoms with Gasteiger partial charge in [0.1, 0.15) is 0 Å². The van der Waals surface area contributed by atoms with Gasteiger partial charge in [-0.25, -0.2) is 0 Å². The first-order valence-corrected chi connectivity index (χ1v) is 6.50. The van der Waals surface area contributed by atoms with Crippen LogP contribution in [0, 0.1) is 0 Å². The molecule has 1 atom stereocenters. The van der Waals surface area contributed by atoms with Crippen molar-refractivity contribution < 1.29 is 4.79 Å². The van der Waals surface area contributed by atoms with E-state index in [0.29, 0.717) is 18.5 Å². The summed E-state index contributed by atoms with van der Waals surface area (Å²) in [5.74, 6) is 0.317. The highest BCUT2D eigenvalue weighted by atomic mass is 16.2. The van der Waals surface area contributed by atoms with Crippen molar-refractivity contribution in [1.82, 2.24) is 15.1 Å². The van der Waals surface area contributed by atoms with E-state index >= 15 is 0 Å². The summed E-state index contributed by atoms with van der Waals surface area (Å²) in [6.45, 7) is 7.74. The number of hydrogen-bond acceptors (Lipinski definition) is 3. The molecule has 0 aromatic carbocycles. The number of likely N-dealkylation sites (tertiary alicyclic amines) is 1. The van der Waals surface area contributed by atoms with Gasteiger partial charge in [0.15, 0.2) is 0 Å². The minimum atomic E-state index is 0.317. The van der Waals surface area contributed by atoms with Crippen molar-refractivity contribution in [1.29, 1.82) is 0 Å². The van der Waals surface area contributed by atoms with Gasteiger partial charge in [0.25, 0.3) is 0 Å². The van der Waals surface area contributed by atoms with E-state index < -0.39 is 0 Å². The predicted molar refractivity (Wildman–Crippen MR) is 64.3 cm³/mol. The molecule has 4 heteroatoms. The number of nitrogens with one attached hydrogen (secondary N) is 1. The molecule has 16 heavy (non-hydrogen) atoms. The molecular formula is C12H23N3O. The summed E-state index contributed by atoms with van der Waals surface area (Å²) in [7, 11) is 0. The van der Waals surface area contributed by atoms with Gasteiger partial charge < -0.3 is 10.2 Å².